The Morgan fingerprint density at radius 2 is 1.95 bits per heavy atom. The first-order valence-electron chi connectivity index (χ1n) is 5.82. The Morgan fingerprint density at radius 1 is 1.32 bits per heavy atom. The summed E-state index contributed by atoms with van der Waals surface area (Å²) in [7, 11) is 1.49. The van der Waals surface area contributed by atoms with E-state index >= 15 is 0 Å². The summed E-state index contributed by atoms with van der Waals surface area (Å²) >= 11 is 0. The van der Waals surface area contributed by atoms with Crippen molar-refractivity contribution in [2.45, 2.75) is 13.3 Å². The molecule has 6 heteroatoms. The molecule has 0 aliphatic heterocycles. The third-order valence-electron chi connectivity index (χ3n) is 2.68. The molecule has 1 heterocycles. The summed E-state index contributed by atoms with van der Waals surface area (Å²) in [6.45, 7) is 1.85. The highest BCUT2D eigenvalue weighted by Crippen LogP contribution is 2.16. The predicted octanol–water partition coefficient (Wildman–Crippen LogP) is 2.07. The minimum Gasteiger partial charge on any atom is -0.354 e. The van der Waals surface area contributed by atoms with E-state index in [0.29, 0.717) is 17.9 Å². The van der Waals surface area contributed by atoms with Crippen LogP contribution in [0.1, 0.15) is 23.2 Å². The highest BCUT2D eigenvalue weighted by molar-refractivity contribution is 5.92. The lowest BCUT2D eigenvalue weighted by Gasteiger charge is -2.06. The fourth-order valence-corrected chi connectivity index (χ4v) is 1.81. The summed E-state index contributed by atoms with van der Waals surface area (Å²) in [4.78, 5) is 15.7. The standard InChI is InChI=1S/C13H13F2N3O/c1-3-12-17-11(13(19)16-2)7-18(12)10-5-8(14)4-9(15)6-10/h4-7H,3H2,1-2H3,(H,16,19). The van der Waals surface area contributed by atoms with Crippen LogP contribution in [0.15, 0.2) is 24.4 Å². The molecule has 100 valence electrons. The Balaban J connectivity index is 2.54. The average molecular weight is 265 g/mol. The first-order chi connectivity index (χ1) is 9.05. The number of hydrogen-bond donors (Lipinski definition) is 1. The number of amides is 1. The molecule has 0 bridgehead atoms. The van der Waals surface area contributed by atoms with Crippen molar-refractivity contribution in [3.63, 3.8) is 0 Å². The van der Waals surface area contributed by atoms with Gasteiger partial charge in [0, 0.05) is 25.7 Å². The van der Waals surface area contributed by atoms with Crippen molar-refractivity contribution in [1.29, 1.82) is 0 Å². The lowest BCUT2D eigenvalue weighted by Crippen LogP contribution is -2.18. The summed E-state index contributed by atoms with van der Waals surface area (Å²) in [5.74, 6) is -1.13. The number of nitrogens with zero attached hydrogens (tertiary/aromatic N) is 2. The Kier molecular flexibility index (Phi) is 3.59. The number of nitrogens with one attached hydrogen (secondary N) is 1. The van der Waals surface area contributed by atoms with E-state index in [0.717, 1.165) is 6.07 Å². The van der Waals surface area contributed by atoms with Crippen molar-refractivity contribution in [1.82, 2.24) is 14.9 Å². The van der Waals surface area contributed by atoms with Crippen molar-refractivity contribution in [2.24, 2.45) is 0 Å². The van der Waals surface area contributed by atoms with Crippen molar-refractivity contribution in [2.75, 3.05) is 7.05 Å². The van der Waals surface area contributed by atoms with E-state index in [4.69, 9.17) is 0 Å². The number of benzene rings is 1. The molecule has 0 saturated heterocycles. The lowest BCUT2D eigenvalue weighted by atomic mass is 10.3. The monoisotopic (exact) mass is 265 g/mol. The second kappa shape index (κ2) is 5.17. The van der Waals surface area contributed by atoms with Gasteiger partial charge >= 0.3 is 0 Å². The van der Waals surface area contributed by atoms with Gasteiger partial charge in [0.25, 0.3) is 5.91 Å². The molecule has 1 aromatic carbocycles. The Bertz CT molecular complexity index is 602. The topological polar surface area (TPSA) is 46.9 Å². The molecule has 0 radical (unpaired) electrons. The van der Waals surface area contributed by atoms with E-state index < -0.39 is 11.6 Å². The van der Waals surface area contributed by atoms with Gasteiger partial charge in [0.15, 0.2) is 0 Å². The van der Waals surface area contributed by atoms with Gasteiger partial charge in [-0.15, -0.1) is 0 Å². The SMILES string of the molecule is CCc1nc(C(=O)NC)cn1-c1cc(F)cc(F)c1. The van der Waals surface area contributed by atoms with E-state index in [-0.39, 0.29) is 11.6 Å². The maximum atomic E-state index is 13.2. The van der Waals surface area contributed by atoms with Crippen molar-refractivity contribution < 1.29 is 13.6 Å². The molecule has 0 spiro atoms. The number of rotatable bonds is 3. The molecule has 0 aliphatic carbocycles. The third kappa shape index (κ3) is 2.62. The van der Waals surface area contributed by atoms with Crippen LogP contribution in [0.5, 0.6) is 0 Å². The van der Waals surface area contributed by atoms with Gasteiger partial charge in [-0.2, -0.15) is 0 Å². The molecule has 0 unspecified atom stereocenters. The second-order valence-electron chi connectivity index (χ2n) is 3.97. The molecule has 0 atom stereocenters. The number of aryl methyl sites for hydroxylation is 1. The first-order valence-corrected chi connectivity index (χ1v) is 5.82. The average Bonchev–Trinajstić information content (AvgIpc) is 2.80. The van der Waals surface area contributed by atoms with Crippen LogP contribution in [-0.2, 0) is 6.42 Å². The molecule has 0 fully saturated rings. The van der Waals surface area contributed by atoms with E-state index in [1.807, 2.05) is 6.92 Å². The summed E-state index contributed by atoms with van der Waals surface area (Å²) in [5, 5.41) is 2.46. The Labute approximate surface area is 109 Å². The molecular weight excluding hydrogens is 252 g/mol. The van der Waals surface area contributed by atoms with Gasteiger partial charge in [-0.3, -0.25) is 4.79 Å². The Hall–Kier alpha value is -2.24. The first kappa shape index (κ1) is 13.2. The summed E-state index contributed by atoms with van der Waals surface area (Å²) in [6.07, 6.45) is 2.00. The lowest BCUT2D eigenvalue weighted by molar-refractivity contribution is 0.0958. The van der Waals surface area contributed by atoms with Gasteiger partial charge in [0.05, 0.1) is 5.69 Å². The van der Waals surface area contributed by atoms with Crippen LogP contribution >= 0.6 is 0 Å². The predicted molar refractivity (Wildman–Crippen MR) is 66.2 cm³/mol. The molecular formula is C13H13F2N3O. The van der Waals surface area contributed by atoms with E-state index in [9.17, 15) is 13.6 Å². The van der Waals surface area contributed by atoms with Crippen LogP contribution in [-0.4, -0.2) is 22.5 Å². The summed E-state index contributed by atoms with van der Waals surface area (Å²) in [6, 6.07) is 3.18. The van der Waals surface area contributed by atoms with Gasteiger partial charge in [0.1, 0.15) is 23.2 Å². The number of imidazole rings is 1. The molecule has 0 saturated carbocycles. The number of carbonyl (C=O) groups excluding carboxylic acids is 1. The number of hydrogen-bond acceptors (Lipinski definition) is 2. The van der Waals surface area contributed by atoms with Crippen molar-refractivity contribution in [3.05, 3.63) is 47.5 Å². The van der Waals surface area contributed by atoms with Crippen LogP contribution in [0.2, 0.25) is 0 Å². The molecule has 19 heavy (non-hydrogen) atoms. The van der Waals surface area contributed by atoms with Gasteiger partial charge < -0.3 is 9.88 Å². The van der Waals surface area contributed by atoms with Crippen molar-refractivity contribution in [3.8, 4) is 5.69 Å². The van der Waals surface area contributed by atoms with Crippen LogP contribution < -0.4 is 5.32 Å². The molecule has 2 aromatic rings. The minimum absolute atomic E-state index is 0.212. The maximum Gasteiger partial charge on any atom is 0.271 e. The molecule has 1 N–H and O–H groups in total. The minimum atomic E-state index is -0.674. The Morgan fingerprint density at radius 3 is 2.47 bits per heavy atom. The summed E-state index contributed by atoms with van der Waals surface area (Å²) < 4.78 is 28.0. The number of aromatic nitrogens is 2. The fraction of sp³-hybridized carbons (Fsp3) is 0.231. The van der Waals surface area contributed by atoms with Crippen LogP contribution in [0.3, 0.4) is 0 Å². The van der Waals surface area contributed by atoms with Gasteiger partial charge in [-0.05, 0) is 12.1 Å². The largest absolute Gasteiger partial charge is 0.354 e. The van der Waals surface area contributed by atoms with Crippen LogP contribution in [0.25, 0.3) is 5.69 Å². The zero-order valence-electron chi connectivity index (χ0n) is 10.6. The molecule has 2 rings (SSSR count). The third-order valence-corrected chi connectivity index (χ3v) is 2.68. The smallest absolute Gasteiger partial charge is 0.271 e. The van der Waals surface area contributed by atoms with E-state index in [1.54, 1.807) is 0 Å². The highest BCUT2D eigenvalue weighted by atomic mass is 19.1. The quantitative estimate of drug-likeness (QED) is 0.923. The van der Waals surface area contributed by atoms with Crippen LogP contribution in [0, 0.1) is 11.6 Å². The molecule has 4 nitrogen and oxygen atoms in total. The molecule has 1 amide bonds. The maximum absolute atomic E-state index is 13.2. The van der Waals surface area contributed by atoms with Crippen LogP contribution in [0.4, 0.5) is 8.78 Å². The van der Waals surface area contributed by atoms with Crippen molar-refractivity contribution >= 4 is 5.91 Å². The highest BCUT2D eigenvalue weighted by Gasteiger charge is 2.14. The molecule has 1 aromatic heterocycles. The van der Waals surface area contributed by atoms with Gasteiger partial charge in [-0.1, -0.05) is 6.92 Å². The van der Waals surface area contributed by atoms with E-state index in [2.05, 4.69) is 10.3 Å². The molecule has 0 aliphatic rings. The zero-order valence-corrected chi connectivity index (χ0v) is 10.6. The second-order valence-corrected chi connectivity index (χ2v) is 3.97. The van der Waals surface area contributed by atoms with E-state index in [1.165, 1.54) is 29.9 Å². The fourth-order valence-electron chi connectivity index (χ4n) is 1.81. The normalized spacial score (nSPS) is 10.5. The zero-order chi connectivity index (χ0) is 14.0. The summed E-state index contributed by atoms with van der Waals surface area (Å²) in [5.41, 5.74) is 0.515. The number of carbonyl (C=O) groups is 1. The number of halogens is 2. The van der Waals surface area contributed by atoms with Gasteiger partial charge in [-0.25, -0.2) is 13.8 Å². The van der Waals surface area contributed by atoms with Gasteiger partial charge in [0.2, 0.25) is 0 Å².